The predicted octanol–water partition coefficient (Wildman–Crippen LogP) is 10.3. The highest BCUT2D eigenvalue weighted by Gasteiger charge is 2.23. The fourth-order valence-electron chi connectivity index (χ4n) is 6.40. The topological polar surface area (TPSA) is 17.8 Å². The van der Waals surface area contributed by atoms with Gasteiger partial charge in [-0.3, -0.25) is 4.57 Å². The first-order valence-corrected chi connectivity index (χ1v) is 14.4. The van der Waals surface area contributed by atoms with Gasteiger partial charge in [0.25, 0.3) is 0 Å². The standard InChI is InChI=1S/C37H22N2S/c1-2-10-23(11-3-1)28-21-36(38-31-17-6-4-14-25(28)31)39-32-18-7-5-15-26(32)29-20-30-27-16-8-12-24-13-9-19-34(37(24)27)40-35(30)22-33(29)39/h1-22H. The van der Waals surface area contributed by atoms with Crippen molar-refractivity contribution >= 4 is 55.2 Å². The molecular formula is C37H22N2S. The number of hydrogen-bond acceptors (Lipinski definition) is 2. The molecule has 6 aromatic carbocycles. The van der Waals surface area contributed by atoms with Gasteiger partial charge in [0, 0.05) is 31.3 Å². The fourth-order valence-corrected chi connectivity index (χ4v) is 7.57. The molecule has 1 aliphatic heterocycles. The van der Waals surface area contributed by atoms with Crippen molar-refractivity contribution in [3.05, 3.63) is 133 Å². The molecule has 0 fully saturated rings. The number of benzene rings is 6. The lowest BCUT2D eigenvalue weighted by molar-refractivity contribution is 1.10. The number of rotatable bonds is 2. The summed E-state index contributed by atoms with van der Waals surface area (Å²) in [6, 6.07) is 48.2. The lowest BCUT2D eigenvalue weighted by Crippen LogP contribution is -2.00. The Labute approximate surface area is 235 Å². The normalized spacial score (nSPS) is 12.4. The largest absolute Gasteiger partial charge is 0.294 e. The average Bonchev–Trinajstić information content (AvgIpc) is 3.33. The van der Waals surface area contributed by atoms with E-state index in [9.17, 15) is 0 Å². The van der Waals surface area contributed by atoms with E-state index in [1.165, 1.54) is 64.6 Å². The van der Waals surface area contributed by atoms with Crippen LogP contribution in [0.2, 0.25) is 0 Å². The Kier molecular flexibility index (Phi) is 4.58. The van der Waals surface area contributed by atoms with E-state index in [-0.39, 0.29) is 0 Å². The molecule has 0 spiro atoms. The summed E-state index contributed by atoms with van der Waals surface area (Å²) in [5.41, 5.74) is 8.36. The zero-order valence-electron chi connectivity index (χ0n) is 21.5. The van der Waals surface area contributed by atoms with Crippen molar-refractivity contribution in [2.75, 3.05) is 0 Å². The van der Waals surface area contributed by atoms with Crippen molar-refractivity contribution < 1.29 is 0 Å². The van der Waals surface area contributed by atoms with Crippen LogP contribution < -0.4 is 0 Å². The summed E-state index contributed by atoms with van der Waals surface area (Å²) in [4.78, 5) is 7.84. The summed E-state index contributed by atoms with van der Waals surface area (Å²) in [5, 5.41) is 6.31. The molecule has 0 unspecified atom stereocenters. The van der Waals surface area contributed by atoms with E-state index in [0.29, 0.717) is 0 Å². The van der Waals surface area contributed by atoms with Crippen LogP contribution in [0.3, 0.4) is 0 Å². The van der Waals surface area contributed by atoms with Crippen LogP contribution in [-0.4, -0.2) is 9.55 Å². The van der Waals surface area contributed by atoms with E-state index in [0.717, 1.165) is 16.7 Å². The van der Waals surface area contributed by atoms with Gasteiger partial charge in [-0.15, -0.1) is 0 Å². The number of para-hydroxylation sites is 2. The minimum absolute atomic E-state index is 0.937. The molecule has 3 heterocycles. The van der Waals surface area contributed by atoms with Gasteiger partial charge in [-0.05, 0) is 64.0 Å². The summed E-state index contributed by atoms with van der Waals surface area (Å²) >= 11 is 1.87. The second kappa shape index (κ2) is 8.32. The molecule has 1 aliphatic rings. The molecule has 186 valence electrons. The summed E-state index contributed by atoms with van der Waals surface area (Å²) in [7, 11) is 0. The molecule has 2 aromatic heterocycles. The van der Waals surface area contributed by atoms with Gasteiger partial charge in [-0.2, -0.15) is 0 Å². The Hall–Kier alpha value is -4.86. The maximum atomic E-state index is 5.24. The van der Waals surface area contributed by atoms with Gasteiger partial charge in [0.2, 0.25) is 0 Å². The van der Waals surface area contributed by atoms with E-state index in [1.807, 2.05) is 11.8 Å². The maximum absolute atomic E-state index is 5.24. The Balaban J connectivity index is 1.38. The Morgan fingerprint density at radius 1 is 0.500 bits per heavy atom. The highest BCUT2D eigenvalue weighted by atomic mass is 32.2. The van der Waals surface area contributed by atoms with Crippen LogP contribution in [0.5, 0.6) is 0 Å². The third kappa shape index (κ3) is 3.10. The van der Waals surface area contributed by atoms with E-state index in [1.54, 1.807) is 0 Å². The summed E-state index contributed by atoms with van der Waals surface area (Å²) in [5.74, 6) is 0.937. The molecule has 40 heavy (non-hydrogen) atoms. The van der Waals surface area contributed by atoms with Gasteiger partial charge in [-0.1, -0.05) is 109 Å². The van der Waals surface area contributed by atoms with Crippen molar-refractivity contribution in [3.63, 3.8) is 0 Å². The van der Waals surface area contributed by atoms with E-state index >= 15 is 0 Å². The van der Waals surface area contributed by atoms with Crippen LogP contribution in [0.1, 0.15) is 0 Å². The van der Waals surface area contributed by atoms with Gasteiger partial charge in [0.1, 0.15) is 5.82 Å². The molecule has 2 nitrogen and oxygen atoms in total. The smallest absolute Gasteiger partial charge is 0.138 e. The second-order valence-corrected chi connectivity index (χ2v) is 11.5. The molecule has 0 bridgehead atoms. The van der Waals surface area contributed by atoms with E-state index in [4.69, 9.17) is 4.98 Å². The van der Waals surface area contributed by atoms with Crippen molar-refractivity contribution in [1.29, 1.82) is 0 Å². The summed E-state index contributed by atoms with van der Waals surface area (Å²) in [6.07, 6.45) is 0. The van der Waals surface area contributed by atoms with Crippen LogP contribution >= 0.6 is 11.8 Å². The van der Waals surface area contributed by atoms with E-state index in [2.05, 4.69) is 138 Å². The predicted molar refractivity (Wildman–Crippen MR) is 169 cm³/mol. The number of aromatic nitrogens is 2. The van der Waals surface area contributed by atoms with Gasteiger partial charge in [-0.25, -0.2) is 4.98 Å². The van der Waals surface area contributed by atoms with Crippen LogP contribution in [0.15, 0.2) is 143 Å². The molecule has 0 atom stereocenters. The third-order valence-corrected chi connectivity index (χ3v) is 9.28. The molecule has 0 amide bonds. The van der Waals surface area contributed by atoms with Gasteiger partial charge >= 0.3 is 0 Å². The summed E-state index contributed by atoms with van der Waals surface area (Å²) in [6.45, 7) is 0. The molecule has 0 N–H and O–H groups in total. The monoisotopic (exact) mass is 526 g/mol. The number of nitrogens with zero attached hydrogens (tertiary/aromatic N) is 2. The third-order valence-electron chi connectivity index (χ3n) is 8.17. The highest BCUT2D eigenvalue weighted by molar-refractivity contribution is 7.99. The van der Waals surface area contributed by atoms with Crippen LogP contribution in [0.25, 0.3) is 71.6 Å². The maximum Gasteiger partial charge on any atom is 0.138 e. The number of pyridine rings is 1. The first-order chi connectivity index (χ1) is 19.8. The lowest BCUT2D eigenvalue weighted by atomic mass is 9.96. The lowest BCUT2D eigenvalue weighted by Gasteiger charge is -2.21. The minimum Gasteiger partial charge on any atom is -0.294 e. The Morgan fingerprint density at radius 3 is 2.17 bits per heavy atom. The first kappa shape index (κ1) is 22.0. The van der Waals surface area contributed by atoms with Crippen LogP contribution in [-0.2, 0) is 0 Å². The van der Waals surface area contributed by atoms with Crippen molar-refractivity contribution in [3.8, 4) is 28.1 Å². The molecule has 3 heteroatoms. The molecule has 0 saturated carbocycles. The van der Waals surface area contributed by atoms with Crippen molar-refractivity contribution in [2.45, 2.75) is 9.79 Å². The zero-order valence-corrected chi connectivity index (χ0v) is 22.3. The Morgan fingerprint density at radius 2 is 1.27 bits per heavy atom. The molecule has 8 aromatic rings. The molecule has 0 radical (unpaired) electrons. The molecule has 0 aliphatic carbocycles. The van der Waals surface area contributed by atoms with Gasteiger partial charge in [0.15, 0.2) is 0 Å². The fraction of sp³-hybridized carbons (Fsp3) is 0. The SMILES string of the molecule is c1ccc(-c2cc(-n3c4ccccc4c4cc5c(cc43)Sc3cccc4cccc-5c34)nc3ccccc23)cc1. The highest BCUT2D eigenvalue weighted by Crippen LogP contribution is 2.50. The minimum atomic E-state index is 0.937. The first-order valence-electron chi connectivity index (χ1n) is 13.6. The second-order valence-electron chi connectivity index (χ2n) is 10.4. The number of fused-ring (bicyclic) bond motifs is 6. The van der Waals surface area contributed by atoms with E-state index < -0.39 is 0 Å². The molecule has 0 saturated heterocycles. The average molecular weight is 527 g/mol. The van der Waals surface area contributed by atoms with Gasteiger partial charge < -0.3 is 0 Å². The summed E-state index contributed by atoms with van der Waals surface area (Å²) < 4.78 is 2.35. The van der Waals surface area contributed by atoms with Gasteiger partial charge in [0.05, 0.1) is 16.6 Å². The number of hydrogen-bond donors (Lipinski definition) is 0. The zero-order chi connectivity index (χ0) is 26.2. The Bertz CT molecular complexity index is 2290. The van der Waals surface area contributed by atoms with Crippen LogP contribution in [0, 0.1) is 0 Å². The molecular weight excluding hydrogens is 504 g/mol. The van der Waals surface area contributed by atoms with Crippen molar-refractivity contribution in [2.24, 2.45) is 0 Å². The quantitative estimate of drug-likeness (QED) is 0.223. The van der Waals surface area contributed by atoms with Crippen LogP contribution in [0.4, 0.5) is 0 Å². The molecule has 9 rings (SSSR count). The van der Waals surface area contributed by atoms with Crippen molar-refractivity contribution in [1.82, 2.24) is 9.55 Å².